The predicted molar refractivity (Wildman–Crippen MR) is 90.8 cm³/mol. The molecule has 0 saturated carbocycles. The molecule has 1 N–H and O–H groups in total. The highest BCUT2D eigenvalue weighted by Crippen LogP contribution is 2.28. The van der Waals surface area contributed by atoms with Gasteiger partial charge in [0.15, 0.2) is 0 Å². The Hall–Kier alpha value is -1.88. The van der Waals surface area contributed by atoms with E-state index in [1.807, 2.05) is 56.1 Å². The van der Waals surface area contributed by atoms with Gasteiger partial charge in [-0.3, -0.25) is 14.5 Å². The monoisotopic (exact) mass is 317 g/mol. The molecule has 1 aliphatic rings. The number of carbonyl (C=O) groups is 2. The zero-order valence-electron chi connectivity index (χ0n) is 14.5. The van der Waals surface area contributed by atoms with Crippen molar-refractivity contribution < 1.29 is 9.59 Å². The maximum atomic E-state index is 12.9. The number of carbonyl (C=O) groups excluding carboxylic acids is 2. The summed E-state index contributed by atoms with van der Waals surface area (Å²) in [7, 11) is 3.47. The molecule has 2 rings (SSSR count). The van der Waals surface area contributed by atoms with Gasteiger partial charge in [0.05, 0.1) is 11.6 Å². The summed E-state index contributed by atoms with van der Waals surface area (Å²) in [5.41, 5.74) is 0.428. The molecule has 126 valence electrons. The van der Waals surface area contributed by atoms with E-state index >= 15 is 0 Å². The van der Waals surface area contributed by atoms with Crippen molar-refractivity contribution in [2.45, 2.75) is 44.8 Å². The number of hydrogen-bond acceptors (Lipinski definition) is 3. The average molecular weight is 317 g/mol. The van der Waals surface area contributed by atoms with Gasteiger partial charge in [0.2, 0.25) is 11.8 Å². The largest absolute Gasteiger partial charge is 0.358 e. The third-order valence-corrected chi connectivity index (χ3v) is 4.68. The van der Waals surface area contributed by atoms with E-state index in [4.69, 9.17) is 0 Å². The topological polar surface area (TPSA) is 52.7 Å². The molecule has 0 aromatic heterocycles. The molecule has 1 aromatic rings. The van der Waals surface area contributed by atoms with Gasteiger partial charge < -0.3 is 10.2 Å². The normalized spacial score (nSPS) is 18.7. The summed E-state index contributed by atoms with van der Waals surface area (Å²) in [6, 6.07) is 9.73. The summed E-state index contributed by atoms with van der Waals surface area (Å²) < 4.78 is 0. The fourth-order valence-electron chi connectivity index (χ4n) is 3.32. The zero-order valence-corrected chi connectivity index (χ0v) is 14.5. The van der Waals surface area contributed by atoms with Crippen molar-refractivity contribution in [3.8, 4) is 0 Å². The molecular weight excluding hydrogens is 290 g/mol. The predicted octanol–water partition coefficient (Wildman–Crippen LogP) is 1.63. The minimum Gasteiger partial charge on any atom is -0.358 e. The first-order valence-electron chi connectivity index (χ1n) is 8.15. The van der Waals surface area contributed by atoms with Gasteiger partial charge in [0, 0.05) is 27.2 Å². The van der Waals surface area contributed by atoms with Crippen molar-refractivity contribution >= 4 is 11.8 Å². The Morgan fingerprint density at radius 2 is 1.96 bits per heavy atom. The molecule has 2 amide bonds. The molecule has 1 fully saturated rings. The lowest BCUT2D eigenvalue weighted by Gasteiger charge is -2.38. The molecule has 1 saturated heterocycles. The van der Waals surface area contributed by atoms with Crippen molar-refractivity contribution in [3.63, 3.8) is 0 Å². The van der Waals surface area contributed by atoms with Crippen LogP contribution in [0, 0.1) is 0 Å². The summed E-state index contributed by atoms with van der Waals surface area (Å²) in [6.45, 7) is 5.13. The highest BCUT2D eigenvalue weighted by atomic mass is 16.2. The minimum atomic E-state index is -0.681. The highest BCUT2D eigenvalue weighted by Gasteiger charge is 2.44. The third kappa shape index (κ3) is 3.72. The first-order chi connectivity index (χ1) is 10.9. The fraction of sp³-hybridized carbons (Fsp3) is 0.556. The van der Waals surface area contributed by atoms with E-state index in [-0.39, 0.29) is 17.9 Å². The number of likely N-dealkylation sites (tertiary alicyclic amines) is 1. The first-order valence-corrected chi connectivity index (χ1v) is 8.15. The van der Waals surface area contributed by atoms with Crippen LogP contribution >= 0.6 is 0 Å². The van der Waals surface area contributed by atoms with Crippen LogP contribution in [0.1, 0.15) is 32.3 Å². The summed E-state index contributed by atoms with van der Waals surface area (Å²) in [4.78, 5) is 28.8. The second-order valence-corrected chi connectivity index (χ2v) is 6.67. The Balaban J connectivity index is 2.09. The lowest BCUT2D eigenvalue weighted by molar-refractivity contribution is -0.141. The maximum absolute atomic E-state index is 12.9. The second-order valence-electron chi connectivity index (χ2n) is 6.67. The van der Waals surface area contributed by atoms with Gasteiger partial charge >= 0.3 is 0 Å². The lowest BCUT2D eigenvalue weighted by Crippen LogP contribution is -2.59. The Bertz CT molecular complexity index is 557. The molecular formula is C18H27N3O2. The molecule has 1 aliphatic heterocycles. The van der Waals surface area contributed by atoms with E-state index in [1.54, 1.807) is 11.9 Å². The van der Waals surface area contributed by atoms with Crippen LogP contribution < -0.4 is 5.32 Å². The second kappa shape index (κ2) is 7.13. The van der Waals surface area contributed by atoms with E-state index in [9.17, 15) is 9.59 Å². The van der Waals surface area contributed by atoms with Crippen molar-refractivity contribution in [1.29, 1.82) is 0 Å². The van der Waals surface area contributed by atoms with E-state index in [0.717, 1.165) is 24.9 Å². The molecule has 0 aliphatic carbocycles. The molecule has 23 heavy (non-hydrogen) atoms. The smallest absolute Gasteiger partial charge is 0.239 e. The van der Waals surface area contributed by atoms with Crippen molar-refractivity contribution in [2.75, 3.05) is 20.6 Å². The van der Waals surface area contributed by atoms with E-state index in [0.29, 0.717) is 6.54 Å². The summed E-state index contributed by atoms with van der Waals surface area (Å²) in [5, 5.41) is 2.71. The highest BCUT2D eigenvalue weighted by molar-refractivity contribution is 5.87. The van der Waals surface area contributed by atoms with Gasteiger partial charge in [-0.05, 0) is 32.3 Å². The number of likely N-dealkylation sites (N-methyl/N-ethyl adjacent to an activating group) is 2. The Morgan fingerprint density at radius 3 is 2.57 bits per heavy atom. The Kier molecular flexibility index (Phi) is 5.42. The number of hydrogen-bond donors (Lipinski definition) is 1. The summed E-state index contributed by atoms with van der Waals surface area (Å²) in [5.74, 6) is 0.0336. The molecule has 0 radical (unpaired) electrons. The van der Waals surface area contributed by atoms with Crippen LogP contribution in [0.5, 0.6) is 0 Å². The van der Waals surface area contributed by atoms with Crippen molar-refractivity contribution in [2.24, 2.45) is 0 Å². The molecule has 1 heterocycles. The first kappa shape index (κ1) is 17.5. The number of nitrogens with zero attached hydrogens (tertiary/aromatic N) is 2. The lowest BCUT2D eigenvalue weighted by atomic mass is 9.99. The number of rotatable bonds is 5. The number of amides is 2. The number of nitrogens with one attached hydrogen (secondary N) is 1. The maximum Gasteiger partial charge on any atom is 0.239 e. The molecule has 5 nitrogen and oxygen atoms in total. The van der Waals surface area contributed by atoms with Crippen LogP contribution in [0.3, 0.4) is 0 Å². The van der Waals surface area contributed by atoms with Gasteiger partial charge in [0.1, 0.15) is 0 Å². The zero-order chi connectivity index (χ0) is 17.0. The molecule has 0 bridgehead atoms. The molecule has 5 heteroatoms. The quantitative estimate of drug-likeness (QED) is 0.898. The van der Waals surface area contributed by atoms with Crippen LogP contribution in [0.4, 0.5) is 0 Å². The van der Waals surface area contributed by atoms with Crippen LogP contribution in [-0.4, -0.2) is 53.8 Å². The third-order valence-electron chi connectivity index (χ3n) is 4.68. The average Bonchev–Trinajstić information content (AvgIpc) is 3.04. The van der Waals surface area contributed by atoms with Gasteiger partial charge in [-0.2, -0.15) is 0 Å². The van der Waals surface area contributed by atoms with Gasteiger partial charge in [-0.25, -0.2) is 0 Å². The van der Waals surface area contributed by atoms with E-state index in [1.165, 1.54) is 0 Å². The van der Waals surface area contributed by atoms with Gasteiger partial charge in [-0.1, -0.05) is 30.3 Å². The fourth-order valence-corrected chi connectivity index (χ4v) is 3.32. The molecule has 1 atom stereocenters. The van der Waals surface area contributed by atoms with Gasteiger partial charge in [-0.15, -0.1) is 0 Å². The van der Waals surface area contributed by atoms with Crippen molar-refractivity contribution in [3.05, 3.63) is 35.9 Å². The number of benzene rings is 1. The van der Waals surface area contributed by atoms with Crippen LogP contribution in [0.2, 0.25) is 0 Å². The molecule has 0 unspecified atom stereocenters. The molecule has 1 aromatic carbocycles. The minimum absolute atomic E-state index is 0.0529. The summed E-state index contributed by atoms with van der Waals surface area (Å²) in [6.07, 6.45) is 1.74. The summed E-state index contributed by atoms with van der Waals surface area (Å²) >= 11 is 0. The standard InChI is InChI=1S/C18H27N3O2/c1-18(2,17(23)19-3)21-12-8-11-15(21)16(22)20(4)13-14-9-6-5-7-10-14/h5-7,9-10,15H,8,11-13H2,1-4H3,(H,19,23)/t15-/m0/s1. The Labute approximate surface area is 138 Å². The Morgan fingerprint density at radius 1 is 1.30 bits per heavy atom. The van der Waals surface area contributed by atoms with Crippen LogP contribution in [-0.2, 0) is 16.1 Å². The molecule has 0 spiro atoms. The van der Waals surface area contributed by atoms with E-state index < -0.39 is 5.54 Å². The van der Waals surface area contributed by atoms with Crippen LogP contribution in [0.25, 0.3) is 0 Å². The van der Waals surface area contributed by atoms with Crippen LogP contribution in [0.15, 0.2) is 30.3 Å². The van der Waals surface area contributed by atoms with Gasteiger partial charge in [0.25, 0.3) is 0 Å². The SMILES string of the molecule is CNC(=O)C(C)(C)N1CCC[C@H]1C(=O)N(C)Cc1ccccc1. The van der Waals surface area contributed by atoms with Crippen molar-refractivity contribution in [1.82, 2.24) is 15.1 Å². The van der Waals surface area contributed by atoms with E-state index in [2.05, 4.69) is 5.32 Å².